The maximum absolute atomic E-state index is 12.3. The van der Waals surface area contributed by atoms with Crippen molar-refractivity contribution in [2.24, 2.45) is 5.73 Å². The average molecular weight is 280 g/mol. The van der Waals surface area contributed by atoms with Crippen molar-refractivity contribution in [2.45, 2.75) is 0 Å². The number of hydrogen-bond acceptors (Lipinski definition) is 3. The second kappa shape index (κ2) is 5.09. The molecule has 0 atom stereocenters. The van der Waals surface area contributed by atoms with E-state index in [1.807, 2.05) is 18.2 Å². The number of aromatic nitrogens is 2. The lowest BCUT2D eigenvalue weighted by Gasteiger charge is -2.06. The molecule has 0 aliphatic rings. The highest BCUT2D eigenvalue weighted by molar-refractivity contribution is 6.12. The van der Waals surface area contributed by atoms with Gasteiger partial charge in [-0.25, -0.2) is 4.98 Å². The van der Waals surface area contributed by atoms with E-state index >= 15 is 0 Å². The van der Waals surface area contributed by atoms with Crippen LogP contribution in [-0.4, -0.2) is 21.8 Å². The van der Waals surface area contributed by atoms with Crippen molar-refractivity contribution < 1.29 is 9.59 Å². The Bertz CT molecular complexity index is 821. The van der Waals surface area contributed by atoms with E-state index in [4.69, 9.17) is 5.73 Å². The van der Waals surface area contributed by atoms with Gasteiger partial charge in [0, 0.05) is 11.6 Å². The molecule has 0 unspecified atom stereocenters. The third-order valence-electron chi connectivity index (χ3n) is 3.11. The number of anilines is 1. The summed E-state index contributed by atoms with van der Waals surface area (Å²) in [5.74, 6) is -0.860. The predicted molar refractivity (Wildman–Crippen MR) is 79.0 cm³/mol. The molecular weight excluding hydrogens is 268 g/mol. The summed E-state index contributed by atoms with van der Waals surface area (Å²) in [5, 5.41) is 3.70. The van der Waals surface area contributed by atoms with Crippen LogP contribution in [0, 0.1) is 0 Å². The Balaban J connectivity index is 1.86. The molecule has 0 fully saturated rings. The molecule has 0 aliphatic carbocycles. The minimum atomic E-state index is -0.607. The molecule has 6 nitrogen and oxygen atoms in total. The number of rotatable bonds is 3. The number of nitrogens with zero attached hydrogens (tertiary/aromatic N) is 1. The molecular formula is C15H12N4O2. The lowest BCUT2D eigenvalue weighted by atomic mass is 10.1. The fraction of sp³-hybridized carbons (Fsp3) is 0. The van der Waals surface area contributed by atoms with Crippen molar-refractivity contribution in [3.63, 3.8) is 0 Å². The highest BCUT2D eigenvalue weighted by atomic mass is 16.2. The van der Waals surface area contributed by atoms with Crippen LogP contribution in [0.1, 0.15) is 20.8 Å². The first-order valence-electron chi connectivity index (χ1n) is 6.28. The van der Waals surface area contributed by atoms with Crippen LogP contribution in [0.15, 0.2) is 48.8 Å². The van der Waals surface area contributed by atoms with Crippen LogP contribution in [0.25, 0.3) is 10.9 Å². The summed E-state index contributed by atoms with van der Waals surface area (Å²) in [6, 6.07) is 10.4. The first-order valence-corrected chi connectivity index (χ1v) is 6.28. The van der Waals surface area contributed by atoms with Gasteiger partial charge in [-0.2, -0.15) is 0 Å². The monoisotopic (exact) mass is 280 g/mol. The molecule has 0 saturated heterocycles. The SMILES string of the molecule is NC(=O)c1ccc(NC(=O)c2cccc3cc[nH]c23)cn1. The van der Waals surface area contributed by atoms with Gasteiger partial charge in [-0.05, 0) is 24.3 Å². The number of para-hydroxylation sites is 1. The Morgan fingerprint density at radius 3 is 2.71 bits per heavy atom. The topological polar surface area (TPSA) is 101 Å². The molecule has 0 radical (unpaired) electrons. The highest BCUT2D eigenvalue weighted by Crippen LogP contribution is 2.18. The van der Waals surface area contributed by atoms with Gasteiger partial charge in [0.15, 0.2) is 0 Å². The van der Waals surface area contributed by atoms with Crippen molar-refractivity contribution in [2.75, 3.05) is 5.32 Å². The normalized spacial score (nSPS) is 10.5. The summed E-state index contributed by atoms with van der Waals surface area (Å²) in [5.41, 5.74) is 7.07. The van der Waals surface area contributed by atoms with Gasteiger partial charge in [0.2, 0.25) is 0 Å². The average Bonchev–Trinajstić information content (AvgIpc) is 2.96. The Labute approximate surface area is 120 Å². The van der Waals surface area contributed by atoms with Crippen molar-refractivity contribution in [1.29, 1.82) is 0 Å². The maximum Gasteiger partial charge on any atom is 0.267 e. The van der Waals surface area contributed by atoms with E-state index in [2.05, 4.69) is 15.3 Å². The van der Waals surface area contributed by atoms with E-state index in [-0.39, 0.29) is 11.6 Å². The third kappa shape index (κ3) is 2.46. The molecule has 2 heterocycles. The van der Waals surface area contributed by atoms with E-state index in [0.29, 0.717) is 11.3 Å². The number of carbonyl (C=O) groups is 2. The number of benzene rings is 1. The number of aromatic amines is 1. The summed E-state index contributed by atoms with van der Waals surface area (Å²) in [6.07, 6.45) is 3.18. The number of amides is 2. The Morgan fingerprint density at radius 1 is 1.14 bits per heavy atom. The standard InChI is InChI=1S/C15H12N4O2/c16-14(20)12-5-4-10(8-18-12)19-15(21)11-3-1-2-9-6-7-17-13(9)11/h1-8,17H,(H2,16,20)(H,19,21). The van der Waals surface area contributed by atoms with Gasteiger partial charge >= 0.3 is 0 Å². The largest absolute Gasteiger partial charge is 0.364 e. The highest BCUT2D eigenvalue weighted by Gasteiger charge is 2.11. The first kappa shape index (κ1) is 12.9. The molecule has 3 rings (SSSR count). The van der Waals surface area contributed by atoms with Crippen LogP contribution < -0.4 is 11.1 Å². The van der Waals surface area contributed by atoms with E-state index in [0.717, 1.165) is 10.9 Å². The van der Waals surface area contributed by atoms with Crippen LogP contribution in [-0.2, 0) is 0 Å². The number of fused-ring (bicyclic) bond motifs is 1. The van der Waals surface area contributed by atoms with Crippen LogP contribution >= 0.6 is 0 Å². The Hall–Kier alpha value is -3.15. The zero-order valence-electron chi connectivity index (χ0n) is 11.0. The van der Waals surface area contributed by atoms with Gasteiger partial charge in [-0.15, -0.1) is 0 Å². The number of nitrogens with two attached hydrogens (primary N) is 1. The van der Waals surface area contributed by atoms with Crippen molar-refractivity contribution in [3.05, 3.63) is 60.0 Å². The number of primary amides is 1. The number of hydrogen-bond donors (Lipinski definition) is 3. The Kier molecular flexibility index (Phi) is 3.12. The number of nitrogens with one attached hydrogen (secondary N) is 2. The van der Waals surface area contributed by atoms with Crippen LogP contribution in [0.2, 0.25) is 0 Å². The second-order valence-corrected chi connectivity index (χ2v) is 4.50. The van der Waals surface area contributed by atoms with Gasteiger partial charge in [-0.1, -0.05) is 12.1 Å². The van der Waals surface area contributed by atoms with E-state index in [9.17, 15) is 9.59 Å². The second-order valence-electron chi connectivity index (χ2n) is 4.50. The number of H-pyrrole nitrogens is 1. The third-order valence-corrected chi connectivity index (χ3v) is 3.11. The molecule has 6 heteroatoms. The zero-order valence-corrected chi connectivity index (χ0v) is 11.0. The van der Waals surface area contributed by atoms with Gasteiger partial charge in [0.25, 0.3) is 11.8 Å². The fourth-order valence-electron chi connectivity index (χ4n) is 2.09. The number of pyridine rings is 1. The predicted octanol–water partition coefficient (Wildman–Crippen LogP) is 1.91. The maximum atomic E-state index is 12.3. The summed E-state index contributed by atoms with van der Waals surface area (Å²) >= 11 is 0. The van der Waals surface area contributed by atoms with Crippen molar-refractivity contribution in [3.8, 4) is 0 Å². The fourth-order valence-corrected chi connectivity index (χ4v) is 2.09. The van der Waals surface area contributed by atoms with E-state index in [1.165, 1.54) is 12.3 Å². The van der Waals surface area contributed by atoms with E-state index < -0.39 is 5.91 Å². The van der Waals surface area contributed by atoms with Gasteiger partial charge in [0.05, 0.1) is 23.0 Å². The first-order chi connectivity index (χ1) is 10.1. The summed E-state index contributed by atoms with van der Waals surface area (Å²) < 4.78 is 0. The van der Waals surface area contributed by atoms with Crippen LogP contribution in [0.5, 0.6) is 0 Å². The molecule has 2 aromatic heterocycles. The molecule has 2 amide bonds. The number of carbonyl (C=O) groups excluding carboxylic acids is 2. The molecule has 104 valence electrons. The zero-order chi connectivity index (χ0) is 14.8. The van der Waals surface area contributed by atoms with Crippen LogP contribution in [0.4, 0.5) is 5.69 Å². The molecule has 0 bridgehead atoms. The quantitative estimate of drug-likeness (QED) is 0.683. The van der Waals surface area contributed by atoms with Crippen LogP contribution in [0.3, 0.4) is 0 Å². The molecule has 0 saturated carbocycles. The molecule has 3 aromatic rings. The summed E-state index contributed by atoms with van der Waals surface area (Å²) in [7, 11) is 0. The summed E-state index contributed by atoms with van der Waals surface area (Å²) in [6.45, 7) is 0. The Morgan fingerprint density at radius 2 is 2.00 bits per heavy atom. The minimum Gasteiger partial charge on any atom is -0.364 e. The van der Waals surface area contributed by atoms with Gasteiger partial charge in [0.1, 0.15) is 5.69 Å². The lowest BCUT2D eigenvalue weighted by molar-refractivity contribution is 0.0994. The lowest BCUT2D eigenvalue weighted by Crippen LogP contribution is -2.15. The van der Waals surface area contributed by atoms with Gasteiger partial charge < -0.3 is 16.0 Å². The molecule has 1 aromatic carbocycles. The molecule has 0 aliphatic heterocycles. The van der Waals surface area contributed by atoms with E-state index in [1.54, 1.807) is 18.3 Å². The molecule has 21 heavy (non-hydrogen) atoms. The van der Waals surface area contributed by atoms with Gasteiger partial charge in [-0.3, -0.25) is 9.59 Å². The summed E-state index contributed by atoms with van der Waals surface area (Å²) in [4.78, 5) is 30.2. The van der Waals surface area contributed by atoms with Crippen molar-refractivity contribution >= 4 is 28.4 Å². The minimum absolute atomic E-state index is 0.152. The van der Waals surface area contributed by atoms with Crippen molar-refractivity contribution in [1.82, 2.24) is 9.97 Å². The smallest absolute Gasteiger partial charge is 0.267 e. The molecule has 4 N–H and O–H groups in total. The molecule has 0 spiro atoms.